The van der Waals surface area contributed by atoms with Gasteiger partial charge >= 0.3 is 64.6 Å². The first-order valence-electron chi connectivity index (χ1n) is 8.00. The zero-order valence-electron chi connectivity index (χ0n) is 16.3. The molecule has 0 spiro atoms. The second-order valence-corrected chi connectivity index (χ2v) is 7.71. The van der Waals surface area contributed by atoms with Gasteiger partial charge in [-0.3, -0.25) is 9.47 Å². The topological polar surface area (TPSA) is 78.9 Å². The largest absolute Gasteiger partial charge is 0.462 e. The van der Waals surface area contributed by atoms with Gasteiger partial charge in [-0.2, -0.15) is 83.1 Å². The van der Waals surface area contributed by atoms with Crippen LogP contribution in [-0.4, -0.2) is 75.1 Å². The summed E-state index contributed by atoms with van der Waals surface area (Å²) in [6, 6.07) is 0. The molecule has 0 fully saturated rings. The van der Waals surface area contributed by atoms with Crippen LogP contribution in [0, 0.1) is 0 Å². The molecule has 0 saturated heterocycles. The van der Waals surface area contributed by atoms with Gasteiger partial charge in [0.15, 0.2) is 0 Å². The Morgan fingerprint density at radius 2 is 1.05 bits per heavy atom. The number of carbonyl (C=O) groups is 1. The van der Waals surface area contributed by atoms with Crippen molar-refractivity contribution in [3.05, 3.63) is 0 Å². The standard InChI is InChI=1S/C12H6F18O6S/c13-5(8(17,18)19,4(31)34-2-1-3-37(30,32)33)35-12(28,29)7(16,10(23,24)25)36-11(26,27)6(14,15)9(20,21)22/h1-3H2. The molecule has 0 aromatic rings. The van der Waals surface area contributed by atoms with Crippen molar-refractivity contribution in [2.75, 3.05) is 12.4 Å². The Labute approximate surface area is 190 Å². The van der Waals surface area contributed by atoms with Gasteiger partial charge in [-0.15, -0.1) is 3.89 Å². The third-order valence-corrected chi connectivity index (χ3v) is 4.17. The molecular weight excluding hydrogens is 614 g/mol. The van der Waals surface area contributed by atoms with E-state index in [1.807, 2.05) is 0 Å². The Hall–Kier alpha value is -1.92. The van der Waals surface area contributed by atoms with E-state index < -0.39 is 83.4 Å². The lowest BCUT2D eigenvalue weighted by Gasteiger charge is -2.39. The van der Waals surface area contributed by atoms with E-state index in [4.69, 9.17) is 0 Å². The summed E-state index contributed by atoms with van der Waals surface area (Å²) in [4.78, 5) is 11.2. The highest BCUT2D eigenvalue weighted by Gasteiger charge is 2.85. The number of esters is 1. The fourth-order valence-electron chi connectivity index (χ4n) is 1.63. The van der Waals surface area contributed by atoms with Gasteiger partial charge in [0.05, 0.1) is 12.4 Å². The molecule has 0 aliphatic heterocycles. The van der Waals surface area contributed by atoms with Gasteiger partial charge in [0, 0.05) is 0 Å². The third kappa shape index (κ3) is 7.35. The molecule has 222 valence electrons. The number of carbonyl (C=O) groups excluding carboxylic acids is 1. The normalized spacial score (nSPS) is 18.2. The molecule has 0 rings (SSSR count). The summed E-state index contributed by atoms with van der Waals surface area (Å²) in [7, 11) is -5.45. The molecule has 0 aromatic carbocycles. The molecule has 0 heterocycles. The quantitative estimate of drug-likeness (QED) is 0.139. The highest BCUT2D eigenvalue weighted by molar-refractivity contribution is 7.86. The molecule has 0 bridgehead atoms. The summed E-state index contributed by atoms with van der Waals surface area (Å²) >= 11 is 0. The van der Waals surface area contributed by atoms with Gasteiger partial charge < -0.3 is 4.74 Å². The minimum absolute atomic E-state index is 1.26. The molecule has 37 heavy (non-hydrogen) atoms. The smallest absolute Gasteiger partial charge is 0.461 e. The van der Waals surface area contributed by atoms with Crippen LogP contribution < -0.4 is 0 Å². The van der Waals surface area contributed by atoms with E-state index in [0.717, 1.165) is 0 Å². The molecule has 2 unspecified atom stereocenters. The Bertz CT molecular complexity index is 923. The Morgan fingerprint density at radius 1 is 0.622 bits per heavy atom. The molecule has 6 nitrogen and oxygen atoms in total. The van der Waals surface area contributed by atoms with Crippen molar-refractivity contribution in [1.82, 2.24) is 0 Å². The molecule has 25 heteroatoms. The van der Waals surface area contributed by atoms with E-state index in [1.54, 1.807) is 4.74 Å². The van der Waals surface area contributed by atoms with Gasteiger partial charge in [-0.25, -0.2) is 4.79 Å². The van der Waals surface area contributed by atoms with Crippen LogP contribution in [0.2, 0.25) is 0 Å². The van der Waals surface area contributed by atoms with E-state index in [1.165, 1.54) is 4.74 Å². The molecule has 0 aliphatic carbocycles. The maximum Gasteiger partial charge on any atom is 0.462 e. The summed E-state index contributed by atoms with van der Waals surface area (Å²) in [6.07, 6.45) is -40.6. The van der Waals surface area contributed by atoms with Gasteiger partial charge in [0.25, 0.3) is 0 Å². The molecule has 2 atom stereocenters. The van der Waals surface area contributed by atoms with Crippen molar-refractivity contribution in [3.8, 4) is 0 Å². The van der Waals surface area contributed by atoms with Crippen LogP contribution in [0.25, 0.3) is 0 Å². The predicted molar refractivity (Wildman–Crippen MR) is 73.3 cm³/mol. The van der Waals surface area contributed by atoms with E-state index in [0.29, 0.717) is 0 Å². The maximum atomic E-state index is 14.0. The van der Waals surface area contributed by atoms with Crippen molar-refractivity contribution in [2.24, 2.45) is 0 Å². The van der Waals surface area contributed by atoms with Crippen LogP contribution in [0.5, 0.6) is 0 Å². The number of rotatable bonds is 11. The summed E-state index contributed by atoms with van der Waals surface area (Å²) in [6.45, 7) is -1.87. The lowest BCUT2D eigenvalue weighted by atomic mass is 10.2. The summed E-state index contributed by atoms with van der Waals surface area (Å²) in [5.41, 5.74) is 0. The van der Waals surface area contributed by atoms with Crippen LogP contribution in [0.15, 0.2) is 0 Å². The highest BCUT2D eigenvalue weighted by atomic mass is 32.3. The van der Waals surface area contributed by atoms with E-state index in [2.05, 4.69) is 4.74 Å². The number of hydrogen-bond donors (Lipinski definition) is 0. The van der Waals surface area contributed by atoms with Crippen LogP contribution in [0.4, 0.5) is 78.5 Å². The summed E-state index contributed by atoms with van der Waals surface area (Å²) in [5, 5.41) is 0. The first-order valence-corrected chi connectivity index (χ1v) is 9.56. The maximum absolute atomic E-state index is 14.0. The van der Waals surface area contributed by atoms with Crippen LogP contribution in [0.1, 0.15) is 6.42 Å². The summed E-state index contributed by atoms with van der Waals surface area (Å²) in [5.74, 6) is -28.8. The average molecular weight is 620 g/mol. The van der Waals surface area contributed by atoms with Crippen molar-refractivity contribution in [3.63, 3.8) is 0 Å². The second kappa shape index (κ2) is 10.00. The lowest BCUT2D eigenvalue weighted by molar-refractivity contribution is -0.548. The highest BCUT2D eigenvalue weighted by Crippen LogP contribution is 2.56. The molecule has 0 aliphatic rings. The minimum Gasteiger partial charge on any atom is -0.461 e. The van der Waals surface area contributed by atoms with Crippen molar-refractivity contribution in [2.45, 2.75) is 54.8 Å². The molecule has 0 radical (unpaired) electrons. The van der Waals surface area contributed by atoms with Crippen LogP contribution >= 0.6 is 0 Å². The Balaban J connectivity index is 6.50. The fourth-order valence-corrected chi connectivity index (χ4v) is 2.10. The Kier molecular flexibility index (Phi) is 9.48. The lowest BCUT2D eigenvalue weighted by Crippen LogP contribution is -2.68. The first-order chi connectivity index (χ1) is 15.8. The zero-order valence-corrected chi connectivity index (χ0v) is 17.1. The SMILES string of the molecule is O=C(OCCCS(=O)(=O)F)C(F)(OC(F)(F)C(F)(OC(F)(F)C(F)(F)C(F)(F)F)C(F)(F)F)C(F)(F)F. The van der Waals surface area contributed by atoms with Crippen LogP contribution in [0.3, 0.4) is 0 Å². The average Bonchev–Trinajstić information content (AvgIpc) is 2.60. The van der Waals surface area contributed by atoms with Gasteiger partial charge in [-0.1, -0.05) is 0 Å². The monoisotopic (exact) mass is 620 g/mol. The zero-order chi connectivity index (χ0) is 30.3. The fraction of sp³-hybridized carbons (Fsp3) is 0.917. The third-order valence-electron chi connectivity index (χ3n) is 3.39. The first kappa shape index (κ1) is 35.1. The molecule has 0 aromatic heterocycles. The van der Waals surface area contributed by atoms with Crippen molar-refractivity contribution < 1.29 is 106 Å². The number of halogens is 18. The summed E-state index contributed by atoms with van der Waals surface area (Å²) < 4.78 is 258. The van der Waals surface area contributed by atoms with Gasteiger partial charge in [0.2, 0.25) is 0 Å². The predicted octanol–water partition coefficient (Wildman–Crippen LogP) is 5.09. The van der Waals surface area contributed by atoms with Crippen molar-refractivity contribution >= 4 is 16.2 Å². The molecule has 0 amide bonds. The minimum atomic E-state index is -8.18. The Morgan fingerprint density at radius 3 is 1.38 bits per heavy atom. The molecule has 0 N–H and O–H groups in total. The number of hydrogen-bond acceptors (Lipinski definition) is 6. The van der Waals surface area contributed by atoms with E-state index >= 15 is 0 Å². The van der Waals surface area contributed by atoms with Gasteiger partial charge in [-0.05, 0) is 6.42 Å². The van der Waals surface area contributed by atoms with Crippen molar-refractivity contribution in [1.29, 1.82) is 0 Å². The second-order valence-electron chi connectivity index (χ2n) is 6.23. The van der Waals surface area contributed by atoms with E-state index in [9.17, 15) is 91.7 Å². The molecular formula is C12H6F18O6S. The molecule has 0 saturated carbocycles. The van der Waals surface area contributed by atoms with Crippen LogP contribution in [-0.2, 0) is 29.2 Å². The number of alkyl halides is 17. The number of ether oxygens (including phenoxy) is 3. The van der Waals surface area contributed by atoms with E-state index in [-0.39, 0.29) is 0 Å². The van der Waals surface area contributed by atoms with Gasteiger partial charge in [0.1, 0.15) is 0 Å².